The summed E-state index contributed by atoms with van der Waals surface area (Å²) in [5, 5.41) is 14.7. The number of fused-ring (bicyclic) bond motifs is 1. The summed E-state index contributed by atoms with van der Waals surface area (Å²) in [5.74, 6) is 0.971. The first-order valence-corrected chi connectivity index (χ1v) is 8.67. The molecule has 0 bridgehead atoms. The van der Waals surface area contributed by atoms with Crippen molar-refractivity contribution in [3.63, 3.8) is 0 Å². The van der Waals surface area contributed by atoms with E-state index < -0.39 is 0 Å². The van der Waals surface area contributed by atoms with E-state index in [1.807, 2.05) is 53.5 Å². The number of carbonyl (C=O) groups excluding carboxylic acids is 1. The molecule has 8 nitrogen and oxygen atoms in total. The first-order valence-electron chi connectivity index (χ1n) is 8.67. The van der Waals surface area contributed by atoms with E-state index in [-0.39, 0.29) is 12.1 Å². The molecule has 2 aromatic heterocycles. The Kier molecular flexibility index (Phi) is 4.16. The summed E-state index contributed by atoms with van der Waals surface area (Å²) in [5.41, 5.74) is 3.51. The predicted molar refractivity (Wildman–Crippen MR) is 97.3 cm³/mol. The van der Waals surface area contributed by atoms with Crippen molar-refractivity contribution in [2.24, 2.45) is 0 Å². The van der Waals surface area contributed by atoms with E-state index in [2.05, 4.69) is 25.8 Å². The van der Waals surface area contributed by atoms with Crippen LogP contribution in [0.3, 0.4) is 0 Å². The van der Waals surface area contributed by atoms with Crippen LogP contribution in [0.1, 0.15) is 23.6 Å². The summed E-state index contributed by atoms with van der Waals surface area (Å²) in [7, 11) is 0. The van der Waals surface area contributed by atoms with Gasteiger partial charge in [0.05, 0.1) is 29.7 Å². The lowest BCUT2D eigenvalue weighted by Gasteiger charge is -2.24. The van der Waals surface area contributed by atoms with Gasteiger partial charge in [0, 0.05) is 12.1 Å². The van der Waals surface area contributed by atoms with Crippen molar-refractivity contribution >= 4 is 11.7 Å². The molecule has 8 heteroatoms. The number of aromatic nitrogens is 5. The van der Waals surface area contributed by atoms with Crippen LogP contribution in [0.4, 0.5) is 10.5 Å². The highest BCUT2D eigenvalue weighted by Crippen LogP contribution is 2.21. The number of aryl methyl sites for hydroxylation is 3. The molecule has 0 saturated heterocycles. The van der Waals surface area contributed by atoms with Gasteiger partial charge in [0.15, 0.2) is 0 Å². The molecule has 0 saturated carbocycles. The number of urea groups is 1. The van der Waals surface area contributed by atoms with E-state index >= 15 is 0 Å². The second-order valence-electron chi connectivity index (χ2n) is 6.55. The summed E-state index contributed by atoms with van der Waals surface area (Å²) in [6, 6.07) is 9.46. The van der Waals surface area contributed by atoms with E-state index in [9.17, 15) is 4.79 Å². The number of amides is 2. The largest absolute Gasteiger partial charge is 0.333 e. The van der Waals surface area contributed by atoms with Crippen LogP contribution >= 0.6 is 0 Å². The van der Waals surface area contributed by atoms with E-state index in [4.69, 9.17) is 0 Å². The fraction of sp³-hybridized carbons (Fsp3) is 0.333. The minimum Gasteiger partial charge on any atom is -0.333 e. The molecule has 4 rings (SSSR count). The van der Waals surface area contributed by atoms with Crippen molar-refractivity contribution in [2.75, 3.05) is 5.32 Å². The van der Waals surface area contributed by atoms with Crippen LogP contribution in [-0.4, -0.2) is 36.6 Å². The third-order valence-corrected chi connectivity index (χ3v) is 4.53. The van der Waals surface area contributed by atoms with Crippen molar-refractivity contribution < 1.29 is 4.79 Å². The SMILES string of the molecule is Cc1cc(C)n(-c2ccccc2NC(=O)N[C@H]2CCc3ncnn3C2)n1. The minimum atomic E-state index is -0.229. The fourth-order valence-corrected chi connectivity index (χ4v) is 3.34. The van der Waals surface area contributed by atoms with Crippen molar-refractivity contribution in [3.8, 4) is 5.69 Å². The molecule has 1 aliphatic heterocycles. The maximum absolute atomic E-state index is 12.5. The summed E-state index contributed by atoms with van der Waals surface area (Å²) in [6.07, 6.45) is 3.22. The van der Waals surface area contributed by atoms with E-state index in [1.54, 1.807) is 6.33 Å². The van der Waals surface area contributed by atoms with E-state index in [0.29, 0.717) is 12.2 Å². The topological polar surface area (TPSA) is 89.7 Å². The number of carbonyl (C=O) groups is 1. The Morgan fingerprint density at radius 3 is 2.92 bits per heavy atom. The second-order valence-corrected chi connectivity index (χ2v) is 6.55. The molecule has 3 aromatic rings. The average molecular weight is 351 g/mol. The van der Waals surface area contributed by atoms with Gasteiger partial charge in [-0.05, 0) is 38.5 Å². The maximum Gasteiger partial charge on any atom is 0.319 e. The maximum atomic E-state index is 12.5. The highest BCUT2D eigenvalue weighted by atomic mass is 16.2. The molecule has 0 fully saturated rings. The summed E-state index contributed by atoms with van der Waals surface area (Å²) in [4.78, 5) is 16.7. The Labute approximate surface area is 151 Å². The second kappa shape index (κ2) is 6.62. The van der Waals surface area contributed by atoms with Crippen molar-refractivity contribution in [3.05, 3.63) is 53.9 Å². The van der Waals surface area contributed by atoms with Crippen LogP contribution in [0, 0.1) is 13.8 Å². The molecule has 0 radical (unpaired) electrons. The van der Waals surface area contributed by atoms with Crippen LogP contribution < -0.4 is 10.6 Å². The Hall–Kier alpha value is -3.16. The lowest BCUT2D eigenvalue weighted by atomic mass is 10.1. The molecule has 1 aliphatic rings. The van der Waals surface area contributed by atoms with E-state index in [0.717, 1.165) is 35.7 Å². The van der Waals surface area contributed by atoms with Gasteiger partial charge in [-0.1, -0.05) is 12.1 Å². The predicted octanol–water partition coefficient (Wildman–Crippen LogP) is 2.22. The summed E-state index contributed by atoms with van der Waals surface area (Å²) in [6.45, 7) is 4.59. The Bertz CT molecular complexity index is 943. The lowest BCUT2D eigenvalue weighted by Crippen LogP contribution is -2.43. The van der Waals surface area contributed by atoms with E-state index in [1.165, 1.54) is 0 Å². The van der Waals surface area contributed by atoms with Gasteiger partial charge in [-0.25, -0.2) is 19.1 Å². The molecule has 2 amide bonds. The normalized spacial score (nSPS) is 16.2. The third kappa shape index (κ3) is 3.17. The number of hydrogen-bond donors (Lipinski definition) is 2. The molecular formula is C18H21N7O. The molecule has 0 unspecified atom stereocenters. The standard InChI is InChI=1S/C18H21N7O/c1-12-9-13(2)25(23-12)16-6-4-3-5-15(16)22-18(26)21-14-7-8-17-19-11-20-24(17)10-14/h3-6,9,11,14H,7-8,10H2,1-2H3,(H2,21,22,26)/t14-/m0/s1. The van der Waals surface area contributed by atoms with Gasteiger partial charge in [-0.3, -0.25) is 0 Å². The zero-order chi connectivity index (χ0) is 18.1. The first kappa shape index (κ1) is 16.3. The molecule has 1 aromatic carbocycles. The summed E-state index contributed by atoms with van der Waals surface area (Å²) >= 11 is 0. The molecule has 0 aliphatic carbocycles. The van der Waals surface area contributed by atoms with Gasteiger partial charge in [-0.2, -0.15) is 10.2 Å². The van der Waals surface area contributed by atoms with Gasteiger partial charge < -0.3 is 10.6 Å². The number of nitrogens with one attached hydrogen (secondary N) is 2. The summed E-state index contributed by atoms with van der Waals surface area (Å²) < 4.78 is 3.69. The smallest absolute Gasteiger partial charge is 0.319 e. The van der Waals surface area contributed by atoms with Crippen molar-refractivity contribution in [2.45, 2.75) is 39.3 Å². The van der Waals surface area contributed by atoms with Crippen LogP contribution in [0.15, 0.2) is 36.7 Å². The molecule has 1 atom stereocenters. The molecule has 2 N–H and O–H groups in total. The monoisotopic (exact) mass is 351 g/mol. The van der Waals surface area contributed by atoms with Crippen LogP contribution in [0.25, 0.3) is 5.69 Å². The molecule has 26 heavy (non-hydrogen) atoms. The number of para-hydroxylation sites is 2. The quantitative estimate of drug-likeness (QED) is 0.757. The van der Waals surface area contributed by atoms with Gasteiger partial charge in [0.25, 0.3) is 0 Å². The van der Waals surface area contributed by atoms with Gasteiger partial charge in [0.2, 0.25) is 0 Å². The number of hydrogen-bond acceptors (Lipinski definition) is 4. The van der Waals surface area contributed by atoms with Crippen molar-refractivity contribution in [1.29, 1.82) is 0 Å². The molecule has 3 heterocycles. The Morgan fingerprint density at radius 1 is 1.27 bits per heavy atom. The molecular weight excluding hydrogens is 330 g/mol. The zero-order valence-electron chi connectivity index (χ0n) is 14.8. The minimum absolute atomic E-state index is 0.0325. The highest BCUT2D eigenvalue weighted by molar-refractivity contribution is 5.91. The third-order valence-electron chi connectivity index (χ3n) is 4.53. The van der Waals surface area contributed by atoms with Gasteiger partial charge in [0.1, 0.15) is 12.2 Å². The number of anilines is 1. The number of rotatable bonds is 3. The van der Waals surface area contributed by atoms with Crippen LogP contribution in [0.2, 0.25) is 0 Å². The fourth-order valence-electron chi connectivity index (χ4n) is 3.34. The Morgan fingerprint density at radius 2 is 2.12 bits per heavy atom. The van der Waals surface area contributed by atoms with Gasteiger partial charge in [-0.15, -0.1) is 0 Å². The Balaban J connectivity index is 1.48. The molecule has 134 valence electrons. The zero-order valence-corrected chi connectivity index (χ0v) is 14.8. The molecule has 0 spiro atoms. The first-order chi connectivity index (χ1) is 12.6. The van der Waals surface area contributed by atoms with Crippen molar-refractivity contribution in [1.82, 2.24) is 29.9 Å². The van der Waals surface area contributed by atoms with Gasteiger partial charge >= 0.3 is 6.03 Å². The highest BCUT2D eigenvalue weighted by Gasteiger charge is 2.21. The lowest BCUT2D eigenvalue weighted by molar-refractivity contribution is 0.243. The van der Waals surface area contributed by atoms with Crippen LogP contribution in [-0.2, 0) is 13.0 Å². The number of nitrogens with zero attached hydrogens (tertiary/aromatic N) is 5. The van der Waals surface area contributed by atoms with Crippen LogP contribution in [0.5, 0.6) is 0 Å². The number of benzene rings is 1. The average Bonchev–Trinajstić information content (AvgIpc) is 3.20.